The maximum absolute atomic E-state index is 12.0. The molecule has 0 bridgehead atoms. The highest BCUT2D eigenvalue weighted by Gasteiger charge is 2.25. The van der Waals surface area contributed by atoms with Gasteiger partial charge in [0.1, 0.15) is 5.71 Å². The highest BCUT2D eigenvalue weighted by atomic mass is 127. The quantitative estimate of drug-likeness (QED) is 0.773. The van der Waals surface area contributed by atoms with Crippen LogP contribution in [0, 0.1) is 10.5 Å². The number of para-hydroxylation sites is 1. The second kappa shape index (κ2) is 4.77. The molecule has 0 aromatic heterocycles. The zero-order valence-electron chi connectivity index (χ0n) is 10.3. The molecule has 0 radical (unpaired) electrons. The molecule has 0 spiro atoms. The van der Waals surface area contributed by atoms with Crippen molar-refractivity contribution in [2.75, 3.05) is 5.32 Å². The summed E-state index contributed by atoms with van der Waals surface area (Å²) in [5, 5.41) is 2.83. The molecule has 3 nitrogen and oxygen atoms in total. The molecule has 0 atom stereocenters. The lowest BCUT2D eigenvalue weighted by Crippen LogP contribution is -2.14. The summed E-state index contributed by atoms with van der Waals surface area (Å²) in [6.07, 6.45) is 0. The minimum Gasteiger partial charge on any atom is -0.320 e. The van der Waals surface area contributed by atoms with Gasteiger partial charge in [0.2, 0.25) is 0 Å². The van der Waals surface area contributed by atoms with Crippen LogP contribution < -0.4 is 5.32 Å². The van der Waals surface area contributed by atoms with E-state index in [1.54, 1.807) is 0 Å². The minimum atomic E-state index is -0.140. The predicted octanol–water partition coefficient (Wildman–Crippen LogP) is 3.67. The zero-order chi connectivity index (χ0) is 13.4. The lowest BCUT2D eigenvalue weighted by Gasteiger charge is -2.02. The fourth-order valence-electron chi connectivity index (χ4n) is 2.08. The number of aliphatic imine (C=N–C) groups is 1. The normalized spacial score (nSPS) is 15.5. The van der Waals surface area contributed by atoms with Gasteiger partial charge in [0.15, 0.2) is 0 Å². The number of fused-ring (bicyclic) bond motifs is 1. The Balaban J connectivity index is 2.11. The average molecular weight is 362 g/mol. The van der Waals surface area contributed by atoms with Crippen LogP contribution >= 0.6 is 22.6 Å². The number of carbonyl (C=O) groups is 1. The van der Waals surface area contributed by atoms with Gasteiger partial charge in [-0.05, 0) is 59.3 Å². The van der Waals surface area contributed by atoms with Gasteiger partial charge in [-0.15, -0.1) is 0 Å². The van der Waals surface area contributed by atoms with E-state index < -0.39 is 0 Å². The van der Waals surface area contributed by atoms with Gasteiger partial charge in [-0.3, -0.25) is 4.79 Å². The third kappa shape index (κ3) is 2.28. The van der Waals surface area contributed by atoms with Crippen molar-refractivity contribution < 1.29 is 4.79 Å². The summed E-state index contributed by atoms with van der Waals surface area (Å²) >= 11 is 2.26. The van der Waals surface area contributed by atoms with Gasteiger partial charge in [-0.2, -0.15) is 0 Å². The molecule has 0 saturated heterocycles. The van der Waals surface area contributed by atoms with Crippen molar-refractivity contribution >= 4 is 45.6 Å². The molecular formula is C15H11IN2O. The molecular weight excluding hydrogens is 351 g/mol. The molecule has 0 saturated carbocycles. The van der Waals surface area contributed by atoms with Crippen molar-refractivity contribution in [3.8, 4) is 0 Å². The molecule has 2 aromatic rings. The standard InChI is InChI=1S/C15H11IN2O/c1-9-8-10(16)6-7-12(9)17-14-11-4-2-3-5-13(11)18-15(14)19/h2-8H,1H3,(H,17,18,19). The molecule has 1 N–H and O–H groups in total. The summed E-state index contributed by atoms with van der Waals surface area (Å²) in [7, 11) is 0. The first kappa shape index (κ1) is 12.3. The number of amides is 1. The number of carbonyl (C=O) groups excluding carboxylic acids is 1. The summed E-state index contributed by atoms with van der Waals surface area (Å²) < 4.78 is 1.16. The lowest BCUT2D eigenvalue weighted by atomic mass is 10.1. The Bertz CT molecular complexity index is 707. The van der Waals surface area contributed by atoms with Gasteiger partial charge in [-0.25, -0.2) is 4.99 Å². The Hall–Kier alpha value is -1.69. The van der Waals surface area contributed by atoms with E-state index in [-0.39, 0.29) is 5.91 Å². The fraction of sp³-hybridized carbons (Fsp3) is 0.0667. The van der Waals surface area contributed by atoms with Gasteiger partial charge < -0.3 is 5.32 Å². The minimum absolute atomic E-state index is 0.140. The first-order valence-electron chi connectivity index (χ1n) is 5.91. The topological polar surface area (TPSA) is 41.5 Å². The molecule has 0 aliphatic carbocycles. The van der Waals surface area contributed by atoms with Crippen LogP contribution in [0.3, 0.4) is 0 Å². The van der Waals surface area contributed by atoms with Crippen molar-refractivity contribution in [3.05, 3.63) is 57.2 Å². The predicted molar refractivity (Wildman–Crippen MR) is 85.2 cm³/mol. The summed E-state index contributed by atoms with van der Waals surface area (Å²) in [6, 6.07) is 13.6. The van der Waals surface area contributed by atoms with Crippen LogP contribution in [0.25, 0.3) is 0 Å². The number of benzene rings is 2. The fourth-order valence-corrected chi connectivity index (χ4v) is 2.73. The lowest BCUT2D eigenvalue weighted by molar-refractivity contribution is -0.110. The van der Waals surface area contributed by atoms with Gasteiger partial charge in [0, 0.05) is 9.13 Å². The number of nitrogens with one attached hydrogen (secondary N) is 1. The molecule has 1 aliphatic rings. The van der Waals surface area contributed by atoms with E-state index in [0.717, 1.165) is 26.1 Å². The van der Waals surface area contributed by atoms with E-state index in [2.05, 4.69) is 39.0 Å². The van der Waals surface area contributed by atoms with Gasteiger partial charge >= 0.3 is 0 Å². The third-order valence-electron chi connectivity index (χ3n) is 3.04. The van der Waals surface area contributed by atoms with E-state index in [4.69, 9.17) is 0 Å². The van der Waals surface area contributed by atoms with Gasteiger partial charge in [-0.1, -0.05) is 18.2 Å². The Morgan fingerprint density at radius 2 is 1.95 bits per heavy atom. The zero-order valence-corrected chi connectivity index (χ0v) is 12.4. The van der Waals surface area contributed by atoms with E-state index in [1.807, 2.05) is 43.3 Å². The highest BCUT2D eigenvalue weighted by Crippen LogP contribution is 2.27. The number of hydrogen-bond donors (Lipinski definition) is 1. The second-order valence-electron chi connectivity index (χ2n) is 4.39. The Morgan fingerprint density at radius 1 is 1.16 bits per heavy atom. The molecule has 19 heavy (non-hydrogen) atoms. The van der Waals surface area contributed by atoms with Crippen LogP contribution in [-0.4, -0.2) is 11.6 Å². The number of aryl methyl sites for hydroxylation is 1. The summed E-state index contributed by atoms with van der Waals surface area (Å²) in [6.45, 7) is 2.00. The Kier molecular flexibility index (Phi) is 3.10. The van der Waals surface area contributed by atoms with Crippen LogP contribution in [0.4, 0.5) is 11.4 Å². The van der Waals surface area contributed by atoms with E-state index >= 15 is 0 Å². The second-order valence-corrected chi connectivity index (χ2v) is 5.64. The molecule has 1 heterocycles. The molecule has 1 amide bonds. The first-order valence-corrected chi connectivity index (χ1v) is 6.98. The van der Waals surface area contributed by atoms with Crippen LogP contribution in [0.15, 0.2) is 47.5 Å². The maximum Gasteiger partial charge on any atom is 0.275 e. The molecule has 0 fully saturated rings. The molecule has 0 unspecified atom stereocenters. The number of rotatable bonds is 1. The summed E-state index contributed by atoms with van der Waals surface area (Å²) in [5.41, 5.74) is 4.08. The molecule has 2 aromatic carbocycles. The molecule has 94 valence electrons. The SMILES string of the molecule is Cc1cc(I)ccc1N=C1C(=O)Nc2ccccc21. The number of anilines is 1. The van der Waals surface area contributed by atoms with Gasteiger partial charge in [0.25, 0.3) is 5.91 Å². The number of halogens is 1. The summed E-state index contributed by atoms with van der Waals surface area (Å²) in [5.74, 6) is -0.140. The van der Waals surface area contributed by atoms with Crippen molar-refractivity contribution in [2.45, 2.75) is 6.92 Å². The van der Waals surface area contributed by atoms with Crippen molar-refractivity contribution in [3.63, 3.8) is 0 Å². The Morgan fingerprint density at radius 3 is 2.74 bits per heavy atom. The van der Waals surface area contributed by atoms with E-state index in [1.165, 1.54) is 0 Å². The molecule has 4 heteroatoms. The number of nitrogens with zero attached hydrogens (tertiary/aromatic N) is 1. The van der Waals surface area contributed by atoms with E-state index in [9.17, 15) is 4.79 Å². The van der Waals surface area contributed by atoms with Crippen LogP contribution in [0.1, 0.15) is 11.1 Å². The maximum atomic E-state index is 12.0. The van der Waals surface area contributed by atoms with Crippen LogP contribution in [0.2, 0.25) is 0 Å². The van der Waals surface area contributed by atoms with Crippen molar-refractivity contribution in [1.29, 1.82) is 0 Å². The van der Waals surface area contributed by atoms with Crippen molar-refractivity contribution in [2.24, 2.45) is 4.99 Å². The van der Waals surface area contributed by atoms with Crippen LogP contribution in [0.5, 0.6) is 0 Å². The summed E-state index contributed by atoms with van der Waals surface area (Å²) in [4.78, 5) is 16.5. The van der Waals surface area contributed by atoms with Gasteiger partial charge in [0.05, 0.1) is 11.4 Å². The largest absolute Gasteiger partial charge is 0.320 e. The molecule has 3 rings (SSSR count). The smallest absolute Gasteiger partial charge is 0.275 e. The van der Waals surface area contributed by atoms with E-state index in [0.29, 0.717) is 5.71 Å². The highest BCUT2D eigenvalue weighted by molar-refractivity contribution is 14.1. The number of hydrogen-bond acceptors (Lipinski definition) is 2. The van der Waals surface area contributed by atoms with Crippen LogP contribution in [-0.2, 0) is 4.79 Å². The Labute approximate surface area is 124 Å². The van der Waals surface area contributed by atoms with Crippen molar-refractivity contribution in [1.82, 2.24) is 0 Å². The average Bonchev–Trinajstić information content (AvgIpc) is 2.69. The monoisotopic (exact) mass is 362 g/mol. The first-order chi connectivity index (χ1) is 9.15. The molecule has 1 aliphatic heterocycles. The third-order valence-corrected chi connectivity index (χ3v) is 3.71.